The Labute approximate surface area is 136 Å². The molecule has 23 heavy (non-hydrogen) atoms. The molecular formula is C16H25N5O2. The first-order chi connectivity index (χ1) is 10.9. The molecule has 1 N–H and O–H groups in total. The summed E-state index contributed by atoms with van der Waals surface area (Å²) in [4.78, 5) is 27.6. The molecule has 0 bridgehead atoms. The standard InChI is InChI=1S/C16H25N5O2/c1-11(22)20-9-13(10-20)18-16(23)14-7-17-21-5-4-12(6-15(14)21)8-19(2)3/h7,12-13H,4-6,8-10H2,1-3H3,(H,18,23). The van der Waals surface area contributed by atoms with E-state index in [-0.39, 0.29) is 17.9 Å². The normalized spacial score (nSPS) is 21.0. The van der Waals surface area contributed by atoms with Gasteiger partial charge in [-0.05, 0) is 32.9 Å². The molecule has 1 aromatic heterocycles. The van der Waals surface area contributed by atoms with E-state index in [1.807, 2.05) is 4.68 Å². The molecule has 7 nitrogen and oxygen atoms in total. The van der Waals surface area contributed by atoms with Crippen LogP contribution in [0.15, 0.2) is 6.20 Å². The minimum atomic E-state index is -0.0649. The third-order valence-corrected chi connectivity index (χ3v) is 4.71. The van der Waals surface area contributed by atoms with Crippen LogP contribution in [0.25, 0.3) is 0 Å². The zero-order valence-electron chi connectivity index (χ0n) is 14.1. The lowest BCUT2D eigenvalue weighted by atomic mass is 9.93. The van der Waals surface area contributed by atoms with Gasteiger partial charge in [-0.1, -0.05) is 0 Å². The smallest absolute Gasteiger partial charge is 0.255 e. The van der Waals surface area contributed by atoms with Crippen LogP contribution in [0.2, 0.25) is 0 Å². The number of nitrogens with zero attached hydrogens (tertiary/aromatic N) is 4. The molecule has 126 valence electrons. The molecule has 0 spiro atoms. The molecule has 2 amide bonds. The molecule has 0 aliphatic carbocycles. The van der Waals surface area contributed by atoms with E-state index in [1.54, 1.807) is 18.0 Å². The van der Waals surface area contributed by atoms with Gasteiger partial charge in [0.15, 0.2) is 0 Å². The van der Waals surface area contributed by atoms with Crippen molar-refractivity contribution in [2.45, 2.75) is 32.4 Å². The van der Waals surface area contributed by atoms with Crippen LogP contribution in [0.4, 0.5) is 0 Å². The van der Waals surface area contributed by atoms with Gasteiger partial charge in [-0.25, -0.2) is 0 Å². The van der Waals surface area contributed by atoms with Crippen LogP contribution in [0.5, 0.6) is 0 Å². The van der Waals surface area contributed by atoms with E-state index in [0.717, 1.165) is 31.6 Å². The highest BCUT2D eigenvalue weighted by Crippen LogP contribution is 2.23. The monoisotopic (exact) mass is 319 g/mol. The highest BCUT2D eigenvalue weighted by molar-refractivity contribution is 5.95. The van der Waals surface area contributed by atoms with E-state index in [1.165, 1.54) is 0 Å². The third kappa shape index (κ3) is 3.39. The summed E-state index contributed by atoms with van der Waals surface area (Å²) >= 11 is 0. The Bertz CT molecular complexity index is 604. The van der Waals surface area contributed by atoms with E-state index < -0.39 is 0 Å². The number of carbonyl (C=O) groups excluding carboxylic acids is 2. The fourth-order valence-corrected chi connectivity index (χ4v) is 3.45. The summed E-state index contributed by atoms with van der Waals surface area (Å²) in [6.07, 6.45) is 3.68. The molecule has 0 radical (unpaired) electrons. The van der Waals surface area contributed by atoms with Crippen LogP contribution < -0.4 is 5.32 Å². The first-order valence-corrected chi connectivity index (χ1v) is 8.20. The average Bonchev–Trinajstić information content (AvgIpc) is 2.84. The lowest BCUT2D eigenvalue weighted by Crippen LogP contribution is -2.60. The number of aryl methyl sites for hydroxylation is 1. The van der Waals surface area contributed by atoms with Crippen LogP contribution in [0.3, 0.4) is 0 Å². The Kier molecular flexibility index (Phi) is 4.39. The number of hydrogen-bond acceptors (Lipinski definition) is 4. The van der Waals surface area contributed by atoms with Crippen molar-refractivity contribution in [3.8, 4) is 0 Å². The lowest BCUT2D eigenvalue weighted by Gasteiger charge is -2.38. The van der Waals surface area contributed by atoms with Gasteiger partial charge in [-0.2, -0.15) is 5.10 Å². The average molecular weight is 319 g/mol. The van der Waals surface area contributed by atoms with Gasteiger partial charge in [0.25, 0.3) is 5.91 Å². The zero-order chi connectivity index (χ0) is 16.6. The molecule has 0 aromatic carbocycles. The second-order valence-electron chi connectivity index (χ2n) is 6.94. The number of fused-ring (bicyclic) bond motifs is 1. The molecule has 1 unspecified atom stereocenters. The molecule has 1 atom stereocenters. The van der Waals surface area contributed by atoms with Crippen molar-refractivity contribution in [3.05, 3.63) is 17.5 Å². The Morgan fingerprint density at radius 2 is 2.13 bits per heavy atom. The van der Waals surface area contributed by atoms with Crippen LogP contribution in [0.1, 0.15) is 29.4 Å². The highest BCUT2D eigenvalue weighted by Gasteiger charge is 2.32. The van der Waals surface area contributed by atoms with Crippen LogP contribution >= 0.6 is 0 Å². The van der Waals surface area contributed by atoms with E-state index in [9.17, 15) is 9.59 Å². The number of hydrogen-bond donors (Lipinski definition) is 1. The van der Waals surface area contributed by atoms with Crippen molar-refractivity contribution < 1.29 is 9.59 Å². The van der Waals surface area contributed by atoms with E-state index in [2.05, 4.69) is 29.4 Å². The maximum absolute atomic E-state index is 12.5. The second-order valence-corrected chi connectivity index (χ2v) is 6.94. The number of nitrogens with one attached hydrogen (secondary N) is 1. The summed E-state index contributed by atoms with van der Waals surface area (Å²) < 4.78 is 1.96. The number of aromatic nitrogens is 2. The Hall–Kier alpha value is -1.89. The second kappa shape index (κ2) is 6.31. The molecule has 1 saturated heterocycles. The number of likely N-dealkylation sites (tertiary alicyclic amines) is 1. The van der Waals surface area contributed by atoms with Gasteiger partial charge in [0.05, 0.1) is 23.5 Å². The molecule has 7 heteroatoms. The summed E-state index contributed by atoms with van der Waals surface area (Å²) in [5.74, 6) is 0.563. The Balaban J connectivity index is 1.62. The van der Waals surface area contributed by atoms with E-state index in [4.69, 9.17) is 0 Å². The summed E-state index contributed by atoms with van der Waals surface area (Å²) in [7, 11) is 4.16. The van der Waals surface area contributed by atoms with Crippen LogP contribution in [-0.4, -0.2) is 71.2 Å². The molecule has 2 aliphatic heterocycles. The Morgan fingerprint density at radius 1 is 1.39 bits per heavy atom. The maximum atomic E-state index is 12.5. The molecule has 0 saturated carbocycles. The van der Waals surface area contributed by atoms with Gasteiger partial charge in [0, 0.05) is 33.1 Å². The molecule has 3 heterocycles. The first kappa shape index (κ1) is 16.0. The van der Waals surface area contributed by atoms with Gasteiger partial charge >= 0.3 is 0 Å². The third-order valence-electron chi connectivity index (χ3n) is 4.71. The predicted molar refractivity (Wildman–Crippen MR) is 86.1 cm³/mol. The zero-order valence-corrected chi connectivity index (χ0v) is 14.1. The molecule has 3 rings (SSSR count). The van der Waals surface area contributed by atoms with E-state index in [0.29, 0.717) is 24.6 Å². The molecule has 1 aromatic rings. The summed E-state index contributed by atoms with van der Waals surface area (Å²) in [5.41, 5.74) is 1.73. The number of rotatable bonds is 4. The minimum absolute atomic E-state index is 0.0584. The van der Waals surface area contributed by atoms with Gasteiger partial charge in [0.1, 0.15) is 0 Å². The fourth-order valence-electron chi connectivity index (χ4n) is 3.45. The molecule has 2 aliphatic rings. The summed E-state index contributed by atoms with van der Waals surface area (Å²) in [6.45, 7) is 4.67. The van der Waals surface area contributed by atoms with Crippen molar-refractivity contribution in [2.24, 2.45) is 5.92 Å². The van der Waals surface area contributed by atoms with Crippen molar-refractivity contribution in [1.29, 1.82) is 0 Å². The van der Waals surface area contributed by atoms with Gasteiger partial charge in [-0.3, -0.25) is 14.3 Å². The topological polar surface area (TPSA) is 70.5 Å². The minimum Gasteiger partial charge on any atom is -0.346 e. The van der Waals surface area contributed by atoms with Gasteiger partial charge < -0.3 is 15.1 Å². The van der Waals surface area contributed by atoms with Crippen molar-refractivity contribution in [3.63, 3.8) is 0 Å². The van der Waals surface area contributed by atoms with Crippen LogP contribution in [0, 0.1) is 5.92 Å². The van der Waals surface area contributed by atoms with Crippen molar-refractivity contribution in [1.82, 2.24) is 24.9 Å². The van der Waals surface area contributed by atoms with Crippen LogP contribution in [-0.2, 0) is 17.8 Å². The largest absolute Gasteiger partial charge is 0.346 e. The highest BCUT2D eigenvalue weighted by atomic mass is 16.2. The number of amides is 2. The van der Waals surface area contributed by atoms with Gasteiger partial charge in [-0.15, -0.1) is 0 Å². The van der Waals surface area contributed by atoms with Crippen molar-refractivity contribution >= 4 is 11.8 Å². The summed E-state index contributed by atoms with van der Waals surface area (Å²) in [6, 6.07) is 0.0584. The first-order valence-electron chi connectivity index (χ1n) is 8.20. The quantitative estimate of drug-likeness (QED) is 0.846. The predicted octanol–water partition coefficient (Wildman–Crippen LogP) is -0.0324. The lowest BCUT2D eigenvalue weighted by molar-refractivity contribution is -0.133. The Morgan fingerprint density at radius 3 is 2.78 bits per heavy atom. The molecular weight excluding hydrogens is 294 g/mol. The SMILES string of the molecule is CC(=O)N1CC(NC(=O)c2cnn3c2CC(CN(C)C)CC3)C1. The number of carbonyl (C=O) groups is 2. The molecule has 1 fully saturated rings. The van der Waals surface area contributed by atoms with Crippen molar-refractivity contribution in [2.75, 3.05) is 33.7 Å². The maximum Gasteiger partial charge on any atom is 0.255 e. The van der Waals surface area contributed by atoms with E-state index >= 15 is 0 Å². The van der Waals surface area contributed by atoms with Gasteiger partial charge in [0.2, 0.25) is 5.91 Å². The summed E-state index contributed by atoms with van der Waals surface area (Å²) in [5, 5.41) is 7.38. The fraction of sp³-hybridized carbons (Fsp3) is 0.688.